The lowest BCUT2D eigenvalue weighted by Crippen LogP contribution is -2.41. The molecule has 0 atom stereocenters. The second-order valence-corrected chi connectivity index (χ2v) is 9.01. The molecule has 1 N–H and O–H groups in total. The summed E-state index contributed by atoms with van der Waals surface area (Å²) in [7, 11) is 0. The highest BCUT2D eigenvalue weighted by molar-refractivity contribution is 6.07. The van der Waals surface area contributed by atoms with Crippen molar-refractivity contribution in [1.29, 1.82) is 0 Å². The van der Waals surface area contributed by atoms with Gasteiger partial charge in [0.2, 0.25) is 5.91 Å². The maximum absolute atomic E-state index is 13.2. The van der Waals surface area contributed by atoms with Crippen molar-refractivity contribution in [2.24, 2.45) is 5.92 Å². The minimum atomic E-state index is -0.0796. The maximum Gasteiger partial charge on any atom is 0.254 e. The molecule has 0 bridgehead atoms. The lowest BCUT2D eigenvalue weighted by Gasteiger charge is -2.31. The van der Waals surface area contributed by atoms with Gasteiger partial charge in [0.15, 0.2) is 0 Å². The molecular formula is C28H33N3O2. The Kier molecular flexibility index (Phi) is 6.97. The molecule has 3 aromatic carbocycles. The number of anilines is 2. The first-order chi connectivity index (χ1) is 16.0. The minimum Gasteiger partial charge on any atom is -0.369 e. The Morgan fingerprint density at radius 2 is 1.64 bits per heavy atom. The van der Waals surface area contributed by atoms with E-state index in [-0.39, 0.29) is 17.7 Å². The molecule has 1 fully saturated rings. The first-order valence-corrected chi connectivity index (χ1v) is 11.9. The number of likely N-dealkylation sites (tertiary alicyclic amines) is 1. The van der Waals surface area contributed by atoms with Crippen molar-refractivity contribution in [3.8, 4) is 0 Å². The Balaban J connectivity index is 1.35. The van der Waals surface area contributed by atoms with Gasteiger partial charge in [0.1, 0.15) is 0 Å². The van der Waals surface area contributed by atoms with Crippen molar-refractivity contribution in [1.82, 2.24) is 4.90 Å². The summed E-state index contributed by atoms with van der Waals surface area (Å²) in [5, 5.41) is 5.11. The number of rotatable bonds is 6. The van der Waals surface area contributed by atoms with Gasteiger partial charge < -0.3 is 15.1 Å². The van der Waals surface area contributed by atoms with Gasteiger partial charge in [-0.2, -0.15) is 0 Å². The summed E-state index contributed by atoms with van der Waals surface area (Å²) in [5.74, 6) is 0.00661. The van der Waals surface area contributed by atoms with E-state index >= 15 is 0 Å². The Hall–Kier alpha value is -3.34. The predicted molar refractivity (Wildman–Crippen MR) is 136 cm³/mol. The summed E-state index contributed by atoms with van der Waals surface area (Å²) in [6, 6.07) is 22.3. The molecule has 3 aromatic rings. The number of amides is 2. The molecule has 33 heavy (non-hydrogen) atoms. The van der Waals surface area contributed by atoms with Crippen LogP contribution in [0.4, 0.5) is 11.4 Å². The number of carbonyl (C=O) groups excluding carboxylic acids is 2. The molecule has 2 amide bonds. The molecule has 5 nitrogen and oxygen atoms in total. The monoisotopic (exact) mass is 443 g/mol. The third kappa shape index (κ3) is 5.03. The zero-order valence-corrected chi connectivity index (χ0v) is 19.8. The van der Waals surface area contributed by atoms with Crippen LogP contribution in [0.25, 0.3) is 10.8 Å². The highest BCUT2D eigenvalue weighted by Crippen LogP contribution is 2.25. The van der Waals surface area contributed by atoms with Crippen LogP contribution in [0, 0.1) is 5.92 Å². The number of hydrogen-bond donors (Lipinski definition) is 1. The number of benzene rings is 3. The summed E-state index contributed by atoms with van der Waals surface area (Å²) in [4.78, 5) is 30.2. The van der Waals surface area contributed by atoms with Crippen LogP contribution in [0.2, 0.25) is 0 Å². The third-order valence-electron chi connectivity index (χ3n) is 6.60. The van der Waals surface area contributed by atoms with Crippen LogP contribution in [-0.4, -0.2) is 42.4 Å². The normalized spacial score (nSPS) is 14.5. The fourth-order valence-corrected chi connectivity index (χ4v) is 4.75. The molecule has 172 valence electrons. The maximum atomic E-state index is 13.2. The van der Waals surface area contributed by atoms with Crippen molar-refractivity contribution in [3.63, 3.8) is 0 Å². The zero-order valence-electron chi connectivity index (χ0n) is 19.8. The topological polar surface area (TPSA) is 52.7 Å². The van der Waals surface area contributed by atoms with E-state index in [4.69, 9.17) is 0 Å². The van der Waals surface area contributed by atoms with Crippen molar-refractivity contribution >= 4 is 34.0 Å². The summed E-state index contributed by atoms with van der Waals surface area (Å²) in [5.41, 5.74) is 2.71. The number of nitrogens with zero attached hydrogens (tertiary/aromatic N) is 2. The Labute approximate surface area is 196 Å². The molecular weight excluding hydrogens is 410 g/mol. The van der Waals surface area contributed by atoms with Crippen LogP contribution in [0.5, 0.6) is 0 Å². The van der Waals surface area contributed by atoms with Crippen molar-refractivity contribution < 1.29 is 9.59 Å². The summed E-state index contributed by atoms with van der Waals surface area (Å²) < 4.78 is 0. The van der Waals surface area contributed by atoms with Gasteiger partial charge in [-0.05, 0) is 74.7 Å². The largest absolute Gasteiger partial charge is 0.369 e. The van der Waals surface area contributed by atoms with Gasteiger partial charge in [0.05, 0.1) is 0 Å². The molecule has 1 aliphatic heterocycles. The molecule has 1 aliphatic rings. The number of piperidine rings is 1. The van der Waals surface area contributed by atoms with Crippen molar-refractivity contribution in [3.05, 3.63) is 72.3 Å². The average Bonchev–Trinajstić information content (AvgIpc) is 2.84. The van der Waals surface area contributed by atoms with Gasteiger partial charge in [-0.1, -0.05) is 36.4 Å². The van der Waals surface area contributed by atoms with E-state index in [0.29, 0.717) is 32.0 Å². The Morgan fingerprint density at radius 1 is 0.970 bits per heavy atom. The SMILES string of the molecule is CCN(c1ccc(NC(=O)C2CCN(C(=O)c3cccc4ccccc34)CC2)cc1)C(C)C. The Morgan fingerprint density at radius 3 is 2.30 bits per heavy atom. The number of fused-ring (bicyclic) bond motifs is 1. The molecule has 0 unspecified atom stereocenters. The van der Waals surface area contributed by atoms with Gasteiger partial charge >= 0.3 is 0 Å². The minimum absolute atomic E-state index is 0.0382. The van der Waals surface area contributed by atoms with E-state index in [1.54, 1.807) is 0 Å². The van der Waals surface area contributed by atoms with Crippen molar-refractivity contribution in [2.75, 3.05) is 29.9 Å². The average molecular weight is 444 g/mol. The highest BCUT2D eigenvalue weighted by atomic mass is 16.2. The molecule has 0 saturated carbocycles. The molecule has 5 heteroatoms. The van der Waals surface area contributed by atoms with Crippen molar-refractivity contribution in [2.45, 2.75) is 39.7 Å². The second-order valence-electron chi connectivity index (χ2n) is 9.01. The zero-order chi connectivity index (χ0) is 23.4. The van der Waals surface area contributed by atoms with Gasteiger partial charge in [-0.15, -0.1) is 0 Å². The van der Waals surface area contributed by atoms with E-state index in [1.165, 1.54) is 0 Å². The summed E-state index contributed by atoms with van der Waals surface area (Å²) in [6.45, 7) is 8.64. The first-order valence-electron chi connectivity index (χ1n) is 11.9. The number of carbonyl (C=O) groups is 2. The third-order valence-corrected chi connectivity index (χ3v) is 6.60. The smallest absolute Gasteiger partial charge is 0.254 e. The fourth-order valence-electron chi connectivity index (χ4n) is 4.75. The first kappa shape index (κ1) is 22.8. The molecule has 4 rings (SSSR count). The van der Waals surface area contributed by atoms with E-state index in [0.717, 1.165) is 34.3 Å². The molecule has 0 aliphatic carbocycles. The van der Waals surface area contributed by atoms with E-state index < -0.39 is 0 Å². The van der Waals surface area contributed by atoms with Crippen LogP contribution in [0.15, 0.2) is 66.7 Å². The second kappa shape index (κ2) is 10.1. The Bertz CT molecular complexity index is 1110. The molecule has 1 saturated heterocycles. The lowest BCUT2D eigenvalue weighted by atomic mass is 9.94. The fraction of sp³-hybridized carbons (Fsp3) is 0.357. The molecule has 1 heterocycles. The van der Waals surface area contributed by atoms with E-state index in [2.05, 4.69) is 43.1 Å². The van der Waals surface area contributed by atoms with Gasteiger partial charge in [-0.3, -0.25) is 9.59 Å². The van der Waals surface area contributed by atoms with Crippen LogP contribution in [0.1, 0.15) is 44.0 Å². The van der Waals surface area contributed by atoms with E-state index in [1.807, 2.05) is 59.5 Å². The van der Waals surface area contributed by atoms with Crippen LogP contribution in [-0.2, 0) is 4.79 Å². The van der Waals surface area contributed by atoms with E-state index in [9.17, 15) is 9.59 Å². The van der Waals surface area contributed by atoms with Crippen LogP contribution < -0.4 is 10.2 Å². The number of nitrogens with one attached hydrogen (secondary N) is 1. The lowest BCUT2D eigenvalue weighted by molar-refractivity contribution is -0.121. The number of hydrogen-bond acceptors (Lipinski definition) is 3. The highest BCUT2D eigenvalue weighted by Gasteiger charge is 2.28. The predicted octanol–water partition coefficient (Wildman–Crippen LogP) is 5.57. The quantitative estimate of drug-likeness (QED) is 0.542. The van der Waals surface area contributed by atoms with Crippen LogP contribution >= 0.6 is 0 Å². The molecule has 0 radical (unpaired) electrons. The van der Waals surface area contributed by atoms with Gasteiger partial charge in [0, 0.05) is 48.5 Å². The summed E-state index contributed by atoms with van der Waals surface area (Å²) in [6.07, 6.45) is 1.36. The molecule has 0 spiro atoms. The van der Waals surface area contributed by atoms with Crippen LogP contribution in [0.3, 0.4) is 0 Å². The van der Waals surface area contributed by atoms with Gasteiger partial charge in [-0.25, -0.2) is 0 Å². The van der Waals surface area contributed by atoms with Gasteiger partial charge in [0.25, 0.3) is 5.91 Å². The standard InChI is InChI=1S/C28H33N3O2/c1-4-31(20(2)3)24-14-12-23(13-15-24)29-27(32)22-16-18-30(19-17-22)28(33)26-11-7-9-21-8-5-6-10-25(21)26/h5-15,20,22H,4,16-19H2,1-3H3,(H,29,32). The molecule has 0 aromatic heterocycles. The summed E-state index contributed by atoms with van der Waals surface area (Å²) >= 11 is 0.